The van der Waals surface area contributed by atoms with Gasteiger partial charge in [-0.05, 0) is 53.5 Å². The number of ether oxygens (including phenoxy) is 1. The summed E-state index contributed by atoms with van der Waals surface area (Å²) in [5, 5.41) is 24.4. The molecule has 4 rings (SSSR count). The van der Waals surface area contributed by atoms with Crippen molar-refractivity contribution in [1.82, 2.24) is 4.98 Å². The number of phenols is 1. The van der Waals surface area contributed by atoms with Crippen molar-refractivity contribution in [2.45, 2.75) is 40.0 Å². The molecule has 7 nitrogen and oxygen atoms in total. The van der Waals surface area contributed by atoms with Crippen molar-refractivity contribution in [1.29, 1.82) is 0 Å². The number of imidazole rings is 1. The first-order chi connectivity index (χ1) is 18.0. The molecule has 0 radical (unpaired) electrons. The van der Waals surface area contributed by atoms with Crippen LogP contribution in [0, 0.1) is 20.8 Å². The molecule has 198 valence electrons. The summed E-state index contributed by atoms with van der Waals surface area (Å²) >= 11 is 0. The van der Waals surface area contributed by atoms with Crippen LogP contribution in [0.25, 0.3) is 22.5 Å². The molecule has 9 heteroatoms. The van der Waals surface area contributed by atoms with Crippen LogP contribution < -0.4 is 14.8 Å². The number of rotatable bonds is 7. The highest BCUT2D eigenvalue weighted by Crippen LogP contribution is 2.41. The third kappa shape index (κ3) is 4.79. The number of carbonyl (C=O) groups is 1. The monoisotopic (exact) mass is 522 g/mol. The van der Waals surface area contributed by atoms with Crippen molar-refractivity contribution in [3.8, 4) is 34.0 Å². The zero-order chi connectivity index (χ0) is 27.8. The van der Waals surface area contributed by atoms with Gasteiger partial charge in [0.05, 0.1) is 7.11 Å². The number of aromatic nitrogens is 2. The molecule has 3 aromatic carbocycles. The normalized spacial score (nSPS) is 11.4. The Morgan fingerprint density at radius 1 is 1.05 bits per heavy atom. The van der Waals surface area contributed by atoms with E-state index in [1.54, 1.807) is 13.0 Å². The lowest BCUT2D eigenvalue weighted by Crippen LogP contribution is -2.39. The van der Waals surface area contributed by atoms with E-state index in [-0.39, 0.29) is 40.5 Å². The molecule has 0 aliphatic carbocycles. The average Bonchev–Trinajstić information content (AvgIpc) is 3.17. The van der Waals surface area contributed by atoms with Gasteiger partial charge in [0.15, 0.2) is 5.69 Å². The predicted octanol–water partition coefficient (Wildman–Crippen LogP) is 6.27. The third-order valence-corrected chi connectivity index (χ3v) is 6.61. The fourth-order valence-corrected chi connectivity index (χ4v) is 4.59. The molecule has 38 heavy (non-hydrogen) atoms. The lowest BCUT2D eigenvalue weighted by atomic mass is 9.93. The largest absolute Gasteiger partial charge is 0.507 e. The minimum atomic E-state index is -3.03. The van der Waals surface area contributed by atoms with E-state index in [0.717, 1.165) is 16.7 Å². The van der Waals surface area contributed by atoms with E-state index in [2.05, 4.69) is 10.3 Å². The maximum atomic E-state index is 14.1. The Balaban J connectivity index is 1.76. The maximum Gasteiger partial charge on any atom is 0.330 e. The van der Waals surface area contributed by atoms with Crippen molar-refractivity contribution in [2.75, 3.05) is 12.4 Å². The second kappa shape index (κ2) is 10.2. The summed E-state index contributed by atoms with van der Waals surface area (Å²) in [5.74, 6) is -3.42. The fourth-order valence-electron chi connectivity index (χ4n) is 4.59. The van der Waals surface area contributed by atoms with Gasteiger partial charge in [0.25, 0.3) is 11.6 Å². The molecular weight excluding hydrogens is 492 g/mol. The first kappa shape index (κ1) is 26.7. The standard InChI is InChI=1S/C29H29F2N3O4/c1-6-29(30,31)19-11-8-12-20(13-19)33-28(36)26-18(4)32-27(34(26)37)21-14-22(24(38-5)15-23(21)35)25-16(2)9-7-10-17(25)3/h7-15,37H,6H2,1-5H3,(H2,32,33,35,36)/p+1. The number of alkyl halides is 2. The average molecular weight is 523 g/mol. The Hall–Kier alpha value is -4.40. The number of nitrogens with one attached hydrogen (secondary N) is 2. The number of methoxy groups -OCH3 is 1. The number of benzene rings is 3. The third-order valence-electron chi connectivity index (χ3n) is 6.61. The van der Waals surface area contributed by atoms with E-state index in [9.17, 15) is 23.9 Å². The molecular formula is C29H30F2N3O4+. The molecule has 0 spiro atoms. The van der Waals surface area contributed by atoms with Gasteiger partial charge in [-0.2, -0.15) is 0 Å². The van der Waals surface area contributed by atoms with Crippen molar-refractivity contribution in [3.63, 3.8) is 0 Å². The van der Waals surface area contributed by atoms with Gasteiger partial charge in [-0.1, -0.05) is 37.3 Å². The number of nitrogens with zero attached hydrogens (tertiary/aromatic N) is 1. The van der Waals surface area contributed by atoms with Crippen molar-refractivity contribution in [2.24, 2.45) is 0 Å². The van der Waals surface area contributed by atoms with Crippen LogP contribution in [0.4, 0.5) is 14.5 Å². The van der Waals surface area contributed by atoms with Crippen LogP contribution in [0.15, 0.2) is 54.6 Å². The second-order valence-electron chi connectivity index (χ2n) is 9.19. The van der Waals surface area contributed by atoms with E-state index in [4.69, 9.17) is 4.74 Å². The van der Waals surface area contributed by atoms with Gasteiger partial charge in [-0.25, -0.2) is 13.8 Å². The van der Waals surface area contributed by atoms with Gasteiger partial charge in [0.1, 0.15) is 17.1 Å². The minimum absolute atomic E-state index is 0.0616. The molecule has 0 unspecified atom stereocenters. The molecule has 0 aliphatic rings. The van der Waals surface area contributed by atoms with Gasteiger partial charge in [0.2, 0.25) is 0 Å². The molecule has 1 aromatic heterocycles. The molecule has 4 N–H and O–H groups in total. The molecule has 0 atom stereocenters. The quantitative estimate of drug-likeness (QED) is 0.170. The SMILES string of the molecule is CCC(F)(F)c1cccc(NC(=O)c2c(C)[nH]c(-c3cc(-c4c(C)cccc4C)c(OC)cc3O)[n+]2O)c1. The van der Waals surface area contributed by atoms with Crippen LogP contribution in [0.5, 0.6) is 11.5 Å². The van der Waals surface area contributed by atoms with Crippen LogP contribution >= 0.6 is 0 Å². The summed E-state index contributed by atoms with van der Waals surface area (Å²) in [6.07, 6.45) is -0.378. The summed E-state index contributed by atoms with van der Waals surface area (Å²) in [7, 11) is 1.50. The number of anilines is 1. The van der Waals surface area contributed by atoms with Gasteiger partial charge in [0, 0.05) is 36.2 Å². The van der Waals surface area contributed by atoms with Crippen LogP contribution in [0.1, 0.15) is 46.2 Å². The summed E-state index contributed by atoms with van der Waals surface area (Å²) in [4.78, 5) is 16.1. The predicted molar refractivity (Wildman–Crippen MR) is 140 cm³/mol. The highest BCUT2D eigenvalue weighted by Gasteiger charge is 2.33. The van der Waals surface area contributed by atoms with E-state index < -0.39 is 11.8 Å². The van der Waals surface area contributed by atoms with E-state index in [1.807, 2.05) is 32.0 Å². The number of aryl methyl sites for hydroxylation is 3. The van der Waals surface area contributed by atoms with Gasteiger partial charge >= 0.3 is 11.7 Å². The smallest absolute Gasteiger partial charge is 0.330 e. The highest BCUT2D eigenvalue weighted by atomic mass is 19.3. The van der Waals surface area contributed by atoms with Gasteiger partial charge < -0.3 is 20.4 Å². The lowest BCUT2D eigenvalue weighted by Gasteiger charge is -2.15. The topological polar surface area (TPSA) is 98.5 Å². The lowest BCUT2D eigenvalue weighted by molar-refractivity contribution is -0.896. The number of hydrogen-bond donors (Lipinski definition) is 4. The Bertz CT molecular complexity index is 1510. The van der Waals surface area contributed by atoms with E-state index in [0.29, 0.717) is 21.7 Å². The Labute approximate surface area is 219 Å². The number of phenolic OH excluding ortho intramolecular Hbond substituents is 1. The number of amides is 1. The number of carbonyl (C=O) groups excluding carboxylic acids is 1. The molecule has 1 heterocycles. The molecule has 0 saturated carbocycles. The highest BCUT2D eigenvalue weighted by molar-refractivity contribution is 6.02. The maximum absolute atomic E-state index is 14.1. The molecule has 0 fully saturated rings. The molecule has 0 saturated heterocycles. The molecule has 0 aliphatic heterocycles. The number of aromatic hydroxyl groups is 1. The molecule has 4 aromatic rings. The Morgan fingerprint density at radius 3 is 2.34 bits per heavy atom. The first-order valence-corrected chi connectivity index (χ1v) is 12.1. The Morgan fingerprint density at radius 2 is 1.71 bits per heavy atom. The van der Waals surface area contributed by atoms with Gasteiger partial charge in [-0.3, -0.25) is 4.79 Å². The Kier molecular flexibility index (Phi) is 7.13. The summed E-state index contributed by atoms with van der Waals surface area (Å²) < 4.78 is 34.5. The van der Waals surface area contributed by atoms with Crippen LogP contribution in [-0.2, 0) is 5.92 Å². The zero-order valence-corrected chi connectivity index (χ0v) is 21.8. The van der Waals surface area contributed by atoms with Crippen LogP contribution in [0.3, 0.4) is 0 Å². The number of H-pyrrole nitrogens is 1. The van der Waals surface area contributed by atoms with Crippen molar-refractivity contribution in [3.05, 3.63) is 82.7 Å². The second-order valence-corrected chi connectivity index (χ2v) is 9.19. The molecule has 0 bridgehead atoms. The van der Waals surface area contributed by atoms with E-state index in [1.165, 1.54) is 44.4 Å². The van der Waals surface area contributed by atoms with Crippen LogP contribution in [0.2, 0.25) is 0 Å². The van der Waals surface area contributed by atoms with E-state index >= 15 is 0 Å². The summed E-state index contributed by atoms with van der Waals surface area (Å²) in [6, 6.07) is 14.4. The number of aromatic amines is 1. The molecule has 1 amide bonds. The van der Waals surface area contributed by atoms with Gasteiger partial charge in [-0.15, -0.1) is 0 Å². The number of hydrogen-bond acceptors (Lipinski definition) is 4. The first-order valence-electron chi connectivity index (χ1n) is 12.1. The van der Waals surface area contributed by atoms with Crippen molar-refractivity contribution < 1.29 is 33.4 Å². The zero-order valence-electron chi connectivity index (χ0n) is 21.8. The summed E-state index contributed by atoms with van der Waals surface area (Å²) in [5.41, 5.74) is 3.94. The number of halogens is 2. The van der Waals surface area contributed by atoms with Crippen LogP contribution in [-0.4, -0.2) is 28.3 Å². The minimum Gasteiger partial charge on any atom is -0.507 e. The fraction of sp³-hybridized carbons (Fsp3) is 0.241. The van der Waals surface area contributed by atoms with Crippen molar-refractivity contribution >= 4 is 11.6 Å². The summed E-state index contributed by atoms with van der Waals surface area (Å²) in [6.45, 7) is 6.89.